The van der Waals surface area contributed by atoms with Crippen molar-refractivity contribution in [2.75, 3.05) is 0 Å². The smallest absolute Gasteiger partial charge is 0.109 e. The predicted molar refractivity (Wildman–Crippen MR) is 40.0 cm³/mol. The number of hydrogen-bond acceptors (Lipinski definition) is 1. The number of imidazole rings is 1. The van der Waals surface area contributed by atoms with Gasteiger partial charge in [0.2, 0.25) is 0 Å². The molecule has 0 fully saturated rings. The molecule has 1 aromatic rings. The predicted octanol–water partition coefficient (Wildman–Crippen LogP) is 1.70. The summed E-state index contributed by atoms with van der Waals surface area (Å²) >= 11 is 0. The van der Waals surface area contributed by atoms with Crippen molar-refractivity contribution in [3.63, 3.8) is 0 Å². The normalized spacial score (nSPS) is 23.2. The molecule has 0 aromatic carbocycles. The Hall–Kier alpha value is -0.790. The van der Waals surface area contributed by atoms with Gasteiger partial charge in [-0.1, -0.05) is 0 Å². The van der Waals surface area contributed by atoms with Gasteiger partial charge in [-0.05, 0) is 20.3 Å². The van der Waals surface area contributed by atoms with Crippen LogP contribution in [0.25, 0.3) is 0 Å². The molecule has 1 aromatic heterocycles. The Morgan fingerprint density at radius 2 is 2.50 bits per heavy atom. The van der Waals surface area contributed by atoms with Crippen molar-refractivity contribution < 1.29 is 0 Å². The summed E-state index contributed by atoms with van der Waals surface area (Å²) in [5.74, 6) is 1.27. The zero-order valence-electron chi connectivity index (χ0n) is 6.46. The van der Waals surface area contributed by atoms with Crippen LogP contribution < -0.4 is 0 Å². The van der Waals surface area contributed by atoms with Crippen LogP contribution in [-0.2, 0) is 6.42 Å². The maximum atomic E-state index is 4.40. The van der Waals surface area contributed by atoms with E-state index in [1.54, 1.807) is 0 Å². The summed E-state index contributed by atoms with van der Waals surface area (Å²) in [6.45, 7) is 4.30. The number of hydrogen-bond donors (Lipinski definition) is 0. The molecule has 1 atom stereocenters. The average Bonchev–Trinajstić information content (AvgIpc) is 2.35. The van der Waals surface area contributed by atoms with Crippen molar-refractivity contribution in [2.45, 2.75) is 32.7 Å². The second-order valence-electron chi connectivity index (χ2n) is 3.09. The van der Waals surface area contributed by atoms with E-state index >= 15 is 0 Å². The van der Waals surface area contributed by atoms with Crippen LogP contribution >= 0.6 is 0 Å². The Kier molecular flexibility index (Phi) is 1.10. The van der Waals surface area contributed by atoms with Crippen LogP contribution in [0.3, 0.4) is 0 Å². The van der Waals surface area contributed by atoms with E-state index in [4.69, 9.17) is 0 Å². The molecule has 1 unspecified atom stereocenters. The summed E-state index contributed by atoms with van der Waals surface area (Å²) in [5.41, 5.74) is 1.15. The van der Waals surface area contributed by atoms with Gasteiger partial charge in [-0.2, -0.15) is 0 Å². The van der Waals surface area contributed by atoms with Gasteiger partial charge in [0.1, 0.15) is 5.82 Å². The number of fused-ring (bicyclic) bond motifs is 1. The van der Waals surface area contributed by atoms with Gasteiger partial charge in [-0.3, -0.25) is 0 Å². The first-order chi connectivity index (χ1) is 4.77. The molecule has 54 valence electrons. The molecule has 10 heavy (non-hydrogen) atoms. The topological polar surface area (TPSA) is 17.8 Å². The minimum absolute atomic E-state index is 0.677. The first kappa shape index (κ1) is 5.96. The molecule has 0 amide bonds. The number of rotatable bonds is 0. The van der Waals surface area contributed by atoms with Crippen molar-refractivity contribution >= 4 is 0 Å². The van der Waals surface area contributed by atoms with E-state index in [-0.39, 0.29) is 0 Å². The van der Waals surface area contributed by atoms with Gasteiger partial charge in [0.25, 0.3) is 0 Å². The van der Waals surface area contributed by atoms with Crippen molar-refractivity contribution in [1.29, 1.82) is 0 Å². The van der Waals surface area contributed by atoms with Crippen LogP contribution in [0.15, 0.2) is 6.20 Å². The zero-order valence-corrected chi connectivity index (χ0v) is 6.46. The number of nitrogens with zero attached hydrogens (tertiary/aromatic N) is 2. The molecule has 2 heteroatoms. The molecule has 0 saturated carbocycles. The molecule has 1 aliphatic rings. The SMILES string of the molecule is Cc1cn2c(n1)CCC2C. The zero-order chi connectivity index (χ0) is 7.14. The van der Waals surface area contributed by atoms with Gasteiger partial charge in [0.05, 0.1) is 5.69 Å². The quantitative estimate of drug-likeness (QED) is 0.530. The van der Waals surface area contributed by atoms with Gasteiger partial charge in [0.15, 0.2) is 0 Å². The van der Waals surface area contributed by atoms with Crippen LogP contribution in [0, 0.1) is 6.92 Å². The van der Waals surface area contributed by atoms with E-state index in [0.29, 0.717) is 6.04 Å². The van der Waals surface area contributed by atoms with Crippen LogP contribution in [0.2, 0.25) is 0 Å². The minimum atomic E-state index is 0.677. The van der Waals surface area contributed by atoms with E-state index < -0.39 is 0 Å². The summed E-state index contributed by atoms with van der Waals surface area (Å²) < 4.78 is 2.29. The van der Waals surface area contributed by atoms with E-state index in [9.17, 15) is 0 Å². The lowest BCUT2D eigenvalue weighted by molar-refractivity contribution is 0.580. The first-order valence-electron chi connectivity index (χ1n) is 3.82. The molecule has 1 aliphatic heterocycles. The molecule has 0 bridgehead atoms. The van der Waals surface area contributed by atoms with Gasteiger partial charge in [-0.25, -0.2) is 4.98 Å². The Bertz CT molecular complexity index is 250. The molecule has 2 heterocycles. The highest BCUT2D eigenvalue weighted by Crippen LogP contribution is 2.24. The van der Waals surface area contributed by atoms with Gasteiger partial charge in [0, 0.05) is 18.7 Å². The number of aromatic nitrogens is 2. The molecule has 0 aliphatic carbocycles. The highest BCUT2D eigenvalue weighted by molar-refractivity contribution is 5.07. The van der Waals surface area contributed by atoms with Gasteiger partial charge in [-0.15, -0.1) is 0 Å². The largest absolute Gasteiger partial charge is 0.332 e. The monoisotopic (exact) mass is 136 g/mol. The maximum absolute atomic E-state index is 4.40. The molecule has 0 N–H and O–H groups in total. The lowest BCUT2D eigenvalue weighted by atomic mass is 10.2. The molecule has 0 saturated heterocycles. The van der Waals surface area contributed by atoms with Crippen molar-refractivity contribution in [1.82, 2.24) is 9.55 Å². The summed E-state index contributed by atoms with van der Waals surface area (Å²) in [7, 11) is 0. The highest BCUT2D eigenvalue weighted by Gasteiger charge is 2.18. The van der Waals surface area contributed by atoms with Crippen molar-refractivity contribution in [3.8, 4) is 0 Å². The summed E-state index contributed by atoms with van der Waals surface area (Å²) in [6.07, 6.45) is 4.57. The summed E-state index contributed by atoms with van der Waals surface area (Å²) in [5, 5.41) is 0. The molecule has 2 nitrogen and oxygen atoms in total. The highest BCUT2D eigenvalue weighted by atomic mass is 15.1. The van der Waals surface area contributed by atoms with Crippen molar-refractivity contribution in [2.24, 2.45) is 0 Å². The second kappa shape index (κ2) is 1.84. The fraction of sp³-hybridized carbons (Fsp3) is 0.625. The van der Waals surface area contributed by atoms with E-state index in [2.05, 4.69) is 29.6 Å². The Balaban J connectivity index is 2.49. The molecule has 2 rings (SSSR count). The van der Waals surface area contributed by atoms with Crippen LogP contribution in [0.1, 0.15) is 30.9 Å². The van der Waals surface area contributed by atoms with Crippen LogP contribution in [0.4, 0.5) is 0 Å². The molecule has 0 spiro atoms. The molecular formula is C8H12N2. The third-order valence-electron chi connectivity index (χ3n) is 2.19. The van der Waals surface area contributed by atoms with Crippen LogP contribution in [-0.4, -0.2) is 9.55 Å². The Morgan fingerprint density at radius 3 is 3.20 bits per heavy atom. The second-order valence-corrected chi connectivity index (χ2v) is 3.09. The minimum Gasteiger partial charge on any atom is -0.332 e. The summed E-state index contributed by atoms with van der Waals surface area (Å²) in [6, 6.07) is 0.677. The summed E-state index contributed by atoms with van der Waals surface area (Å²) in [4.78, 5) is 4.40. The van der Waals surface area contributed by atoms with Gasteiger partial charge < -0.3 is 4.57 Å². The average molecular weight is 136 g/mol. The molecular weight excluding hydrogens is 124 g/mol. The first-order valence-corrected chi connectivity index (χ1v) is 3.82. The fourth-order valence-corrected chi connectivity index (χ4v) is 1.61. The van der Waals surface area contributed by atoms with E-state index in [1.807, 2.05) is 0 Å². The van der Waals surface area contributed by atoms with Gasteiger partial charge >= 0.3 is 0 Å². The van der Waals surface area contributed by atoms with Crippen LogP contribution in [0.5, 0.6) is 0 Å². The standard InChI is InChI=1S/C8H12N2/c1-6-5-10-7(2)3-4-8(10)9-6/h5,7H,3-4H2,1-2H3. The third-order valence-corrected chi connectivity index (χ3v) is 2.19. The lowest BCUT2D eigenvalue weighted by Crippen LogP contribution is -1.95. The Morgan fingerprint density at radius 1 is 1.70 bits per heavy atom. The number of aryl methyl sites for hydroxylation is 2. The van der Waals surface area contributed by atoms with E-state index in [1.165, 1.54) is 12.2 Å². The van der Waals surface area contributed by atoms with Crippen molar-refractivity contribution in [3.05, 3.63) is 17.7 Å². The Labute approximate surface area is 60.9 Å². The fourth-order valence-electron chi connectivity index (χ4n) is 1.61. The van der Waals surface area contributed by atoms with E-state index in [0.717, 1.165) is 12.1 Å². The lowest BCUT2D eigenvalue weighted by Gasteiger charge is -2.02. The third kappa shape index (κ3) is 0.681. The maximum Gasteiger partial charge on any atom is 0.109 e. The molecule has 0 radical (unpaired) electrons.